The Hall–Kier alpha value is -5.02. The minimum Gasteiger partial charge on any atom is -0.496 e. The molecule has 0 amide bonds. The second-order valence-corrected chi connectivity index (χ2v) is 12.2. The smallest absolute Gasteiger partial charge is 0.126 e. The quantitative estimate of drug-likeness (QED) is 0.211. The lowest BCUT2D eigenvalue weighted by Crippen LogP contribution is -2.31. The van der Waals surface area contributed by atoms with E-state index in [9.17, 15) is 0 Å². The van der Waals surface area contributed by atoms with Gasteiger partial charge in [-0.25, -0.2) is 0 Å². The lowest BCUT2D eigenvalue weighted by Gasteiger charge is -2.31. The van der Waals surface area contributed by atoms with Crippen molar-refractivity contribution >= 4 is 0 Å². The van der Waals surface area contributed by atoms with Crippen molar-refractivity contribution in [2.24, 2.45) is 0 Å². The highest BCUT2D eigenvalue weighted by Gasteiger charge is 2.48. The molecular formula is C40H34N2O. The molecule has 4 aromatic carbocycles. The number of benzene rings is 4. The lowest BCUT2D eigenvalue weighted by atomic mass is 9.72. The van der Waals surface area contributed by atoms with Crippen LogP contribution < -0.4 is 4.74 Å². The van der Waals surface area contributed by atoms with Crippen molar-refractivity contribution in [3.63, 3.8) is 0 Å². The van der Waals surface area contributed by atoms with Gasteiger partial charge in [-0.15, -0.1) is 0 Å². The second-order valence-electron chi connectivity index (χ2n) is 12.2. The molecule has 0 saturated heterocycles. The Balaban J connectivity index is 1.49. The summed E-state index contributed by atoms with van der Waals surface area (Å²) < 4.78 is 5.76. The zero-order chi connectivity index (χ0) is 29.6. The zero-order valence-electron chi connectivity index (χ0n) is 25.0. The molecule has 2 heterocycles. The van der Waals surface area contributed by atoms with Crippen molar-refractivity contribution in [2.75, 3.05) is 7.11 Å². The Bertz CT molecular complexity index is 1910. The van der Waals surface area contributed by atoms with Crippen LogP contribution in [-0.2, 0) is 10.8 Å². The molecule has 0 spiro atoms. The van der Waals surface area contributed by atoms with Gasteiger partial charge in [0.15, 0.2) is 0 Å². The van der Waals surface area contributed by atoms with E-state index in [1.165, 1.54) is 27.8 Å². The fourth-order valence-corrected chi connectivity index (χ4v) is 6.55. The molecule has 3 nitrogen and oxygen atoms in total. The van der Waals surface area contributed by atoms with Crippen LogP contribution in [0.1, 0.15) is 48.8 Å². The molecule has 0 saturated carbocycles. The average molecular weight is 559 g/mol. The Morgan fingerprint density at radius 2 is 1.19 bits per heavy atom. The van der Waals surface area contributed by atoms with Crippen LogP contribution >= 0.6 is 0 Å². The Morgan fingerprint density at radius 3 is 1.84 bits per heavy atom. The summed E-state index contributed by atoms with van der Waals surface area (Å²) in [7, 11) is 1.73. The maximum atomic E-state index is 5.76. The largest absolute Gasteiger partial charge is 0.496 e. The molecule has 0 N–H and O–H groups in total. The summed E-state index contributed by atoms with van der Waals surface area (Å²) in [6.07, 6.45) is 1.89. The maximum Gasteiger partial charge on any atom is 0.126 e. The molecule has 0 radical (unpaired) electrons. The molecule has 0 fully saturated rings. The third kappa shape index (κ3) is 4.35. The van der Waals surface area contributed by atoms with Gasteiger partial charge in [0.25, 0.3) is 0 Å². The van der Waals surface area contributed by atoms with Gasteiger partial charge in [0.1, 0.15) is 11.2 Å². The van der Waals surface area contributed by atoms with Gasteiger partial charge < -0.3 is 4.74 Å². The van der Waals surface area contributed by atoms with Gasteiger partial charge in [-0.3, -0.25) is 9.97 Å². The molecule has 1 aliphatic rings. The predicted octanol–water partition coefficient (Wildman–Crippen LogP) is 9.48. The Labute approximate surface area is 253 Å². The van der Waals surface area contributed by atoms with Crippen LogP contribution in [0.5, 0.6) is 5.75 Å². The Morgan fingerprint density at radius 1 is 0.581 bits per heavy atom. The monoisotopic (exact) mass is 558 g/mol. The van der Waals surface area contributed by atoms with Gasteiger partial charge in [-0.2, -0.15) is 0 Å². The van der Waals surface area contributed by atoms with Crippen LogP contribution in [0.15, 0.2) is 134 Å². The van der Waals surface area contributed by atoms with E-state index in [0.29, 0.717) is 0 Å². The molecule has 0 bridgehead atoms. The third-order valence-electron chi connectivity index (χ3n) is 8.65. The fourth-order valence-electron chi connectivity index (χ4n) is 6.55. The van der Waals surface area contributed by atoms with Gasteiger partial charge in [-0.1, -0.05) is 106 Å². The van der Waals surface area contributed by atoms with Crippen LogP contribution in [0.3, 0.4) is 0 Å². The first-order chi connectivity index (χ1) is 20.9. The predicted molar refractivity (Wildman–Crippen MR) is 175 cm³/mol. The van der Waals surface area contributed by atoms with Crippen LogP contribution in [-0.4, -0.2) is 17.1 Å². The Kier molecular flexibility index (Phi) is 6.47. The third-order valence-corrected chi connectivity index (χ3v) is 8.65. The number of aromatic nitrogens is 2. The van der Waals surface area contributed by atoms with E-state index in [4.69, 9.17) is 14.7 Å². The van der Waals surface area contributed by atoms with E-state index in [2.05, 4.69) is 130 Å². The van der Waals surface area contributed by atoms with Crippen LogP contribution in [0.25, 0.3) is 33.5 Å². The van der Waals surface area contributed by atoms with Gasteiger partial charge in [0, 0.05) is 17.3 Å². The second kappa shape index (κ2) is 10.4. The molecule has 2 aromatic heterocycles. The van der Waals surface area contributed by atoms with Crippen molar-refractivity contribution < 1.29 is 4.74 Å². The number of hydrogen-bond acceptors (Lipinski definition) is 3. The fraction of sp³-hybridized carbons (Fsp3) is 0.150. The highest BCUT2D eigenvalue weighted by Crippen LogP contribution is 2.55. The highest BCUT2D eigenvalue weighted by molar-refractivity contribution is 5.85. The number of ether oxygens (including phenoxy) is 1. The van der Waals surface area contributed by atoms with Gasteiger partial charge in [0.2, 0.25) is 0 Å². The summed E-state index contributed by atoms with van der Waals surface area (Å²) in [6, 6.07) is 45.0. The van der Waals surface area contributed by atoms with Crippen molar-refractivity contribution in [2.45, 2.75) is 31.6 Å². The minimum absolute atomic E-state index is 0.0527. The zero-order valence-corrected chi connectivity index (χ0v) is 25.0. The highest BCUT2D eigenvalue weighted by atomic mass is 16.5. The first-order valence-corrected chi connectivity index (χ1v) is 14.8. The van der Waals surface area contributed by atoms with E-state index >= 15 is 0 Å². The van der Waals surface area contributed by atoms with Crippen molar-refractivity contribution in [1.82, 2.24) is 9.97 Å². The molecule has 7 rings (SSSR count). The number of hydrogen-bond donors (Lipinski definition) is 0. The minimum atomic E-state index is -0.641. The first-order valence-electron chi connectivity index (χ1n) is 14.8. The molecule has 0 atom stereocenters. The van der Waals surface area contributed by atoms with Gasteiger partial charge in [-0.05, 0) is 81.3 Å². The summed E-state index contributed by atoms with van der Waals surface area (Å²) in [6.45, 7) is 6.76. The summed E-state index contributed by atoms with van der Waals surface area (Å²) in [5.41, 5.74) is 11.5. The topological polar surface area (TPSA) is 35.0 Å². The molecule has 6 aromatic rings. The molecular weight excluding hydrogens is 524 g/mol. The van der Waals surface area contributed by atoms with E-state index in [1.54, 1.807) is 7.11 Å². The molecule has 1 aliphatic carbocycles. The SMILES string of the molecule is COc1ccccc1-c1cc(-c2cccc(C3(c4ccccn4)c4ccccc4-c4ccccc43)n2)cc(C(C)(C)C)c1. The summed E-state index contributed by atoms with van der Waals surface area (Å²) in [4.78, 5) is 10.5. The summed E-state index contributed by atoms with van der Waals surface area (Å²) >= 11 is 0. The van der Waals surface area contributed by atoms with E-state index in [1.807, 2.05) is 24.4 Å². The number of nitrogens with zero attached hydrogens (tertiary/aromatic N) is 2. The molecule has 0 aliphatic heterocycles. The van der Waals surface area contributed by atoms with Crippen molar-refractivity contribution in [3.05, 3.63) is 162 Å². The van der Waals surface area contributed by atoms with E-state index in [-0.39, 0.29) is 5.41 Å². The van der Waals surface area contributed by atoms with Crippen molar-refractivity contribution in [1.29, 1.82) is 0 Å². The number of para-hydroxylation sites is 1. The standard InChI is InChI=1S/C40H34N2O/c1-39(2,3)29-25-27(30-14-7-10-20-36(30)43-4)24-28(26-29)35-19-13-22-38(42-35)40(37-21-11-12-23-41-37)33-17-8-5-15-31(33)32-16-6-9-18-34(32)40/h5-26H,1-4H3. The molecule has 0 unspecified atom stereocenters. The van der Waals surface area contributed by atoms with Gasteiger partial charge in [0.05, 0.1) is 24.2 Å². The normalized spacial score (nSPS) is 13.3. The average Bonchev–Trinajstić information content (AvgIpc) is 3.36. The van der Waals surface area contributed by atoms with E-state index < -0.39 is 5.41 Å². The molecule has 3 heteroatoms. The van der Waals surface area contributed by atoms with Gasteiger partial charge >= 0.3 is 0 Å². The number of fused-ring (bicyclic) bond motifs is 3. The number of methoxy groups -OCH3 is 1. The lowest BCUT2D eigenvalue weighted by molar-refractivity contribution is 0.416. The van der Waals surface area contributed by atoms with E-state index in [0.717, 1.165) is 39.5 Å². The summed E-state index contributed by atoms with van der Waals surface area (Å²) in [5.74, 6) is 0.856. The van der Waals surface area contributed by atoms with Crippen molar-refractivity contribution in [3.8, 4) is 39.3 Å². The number of pyridine rings is 2. The first kappa shape index (κ1) is 26.9. The maximum absolute atomic E-state index is 5.76. The number of rotatable bonds is 5. The molecule has 210 valence electrons. The van der Waals surface area contributed by atoms with Crippen LogP contribution in [0.4, 0.5) is 0 Å². The van der Waals surface area contributed by atoms with Crippen LogP contribution in [0.2, 0.25) is 0 Å². The van der Waals surface area contributed by atoms with Crippen LogP contribution in [0, 0.1) is 0 Å². The molecule has 43 heavy (non-hydrogen) atoms. The summed E-state index contributed by atoms with van der Waals surface area (Å²) in [5, 5.41) is 0.